The average Bonchev–Trinajstić information content (AvgIpc) is 3.63. The Morgan fingerprint density at radius 2 is 1.11 bits per heavy atom. The van der Waals surface area contributed by atoms with Crippen molar-refractivity contribution < 1.29 is 0 Å². The van der Waals surface area contributed by atoms with E-state index in [1.807, 2.05) is 43.4 Å². The summed E-state index contributed by atoms with van der Waals surface area (Å²) in [6.45, 7) is 16.5. The van der Waals surface area contributed by atoms with Gasteiger partial charge in [0.05, 0.1) is 15.7 Å². The van der Waals surface area contributed by atoms with Crippen LogP contribution in [0.25, 0.3) is 53.2 Å². The monoisotopic (exact) mass is 617 g/mol. The summed E-state index contributed by atoms with van der Waals surface area (Å²) in [6.07, 6.45) is 0. The Morgan fingerprint density at radius 1 is 0.543 bits per heavy atom. The van der Waals surface area contributed by atoms with Crippen molar-refractivity contribution in [2.45, 2.75) is 41.5 Å². The summed E-state index contributed by atoms with van der Waals surface area (Å²) in [5, 5.41) is 5.20. The number of thiophene rings is 1. The molecule has 0 atom stereocenters. The Hall–Kier alpha value is -4.92. The molecule has 0 aliphatic carbocycles. The third kappa shape index (κ3) is 6.83. The second kappa shape index (κ2) is 14.9. The van der Waals surface area contributed by atoms with E-state index in [-0.39, 0.29) is 0 Å². The summed E-state index contributed by atoms with van der Waals surface area (Å²) < 4.78 is 5.14. The third-order valence-corrected chi connectivity index (χ3v) is 9.34. The fourth-order valence-corrected chi connectivity index (χ4v) is 6.79. The van der Waals surface area contributed by atoms with Crippen LogP contribution in [0.15, 0.2) is 146 Å². The van der Waals surface area contributed by atoms with Crippen molar-refractivity contribution in [1.29, 1.82) is 0 Å². The maximum Gasteiger partial charge on any atom is 0.0727 e. The molecule has 0 bridgehead atoms. The maximum absolute atomic E-state index is 4.09. The quantitative estimate of drug-likeness (QED) is 0.182. The second-order valence-corrected chi connectivity index (χ2v) is 12.4. The highest BCUT2D eigenvalue weighted by atomic mass is 32.1. The minimum absolute atomic E-state index is 1.09. The summed E-state index contributed by atoms with van der Waals surface area (Å²) in [5.74, 6) is 0. The second-order valence-electron chi connectivity index (χ2n) is 11.4. The molecule has 0 N–H and O–H groups in total. The molecular weight excluding hydrogens is 575 g/mol. The van der Waals surface area contributed by atoms with Gasteiger partial charge in [0, 0.05) is 26.5 Å². The van der Waals surface area contributed by atoms with Crippen molar-refractivity contribution in [3.05, 3.63) is 168 Å². The van der Waals surface area contributed by atoms with Crippen molar-refractivity contribution in [1.82, 2.24) is 4.57 Å². The molecule has 8 rings (SSSR count). The SMILES string of the molecule is C=C(C)c1ccc(-n2c3c4ccccc4ccc3c3sc4ccccc4c32)cc1.CC.Cc1ccccc1.Cc1ccccc1C. The number of hydrogen-bond donors (Lipinski definition) is 0. The van der Waals surface area contributed by atoms with Crippen LogP contribution >= 0.6 is 11.3 Å². The molecule has 0 fully saturated rings. The highest BCUT2D eigenvalue weighted by Gasteiger charge is 2.19. The van der Waals surface area contributed by atoms with Crippen LogP contribution in [-0.2, 0) is 0 Å². The Morgan fingerprint density at radius 3 is 1.70 bits per heavy atom. The molecule has 1 nitrogen and oxygen atoms in total. The van der Waals surface area contributed by atoms with Crippen molar-refractivity contribution in [3.63, 3.8) is 0 Å². The topological polar surface area (TPSA) is 4.93 Å². The van der Waals surface area contributed by atoms with Crippen molar-refractivity contribution in [2.75, 3.05) is 0 Å². The molecule has 2 heteroatoms. The molecule has 0 amide bonds. The zero-order valence-electron chi connectivity index (χ0n) is 27.8. The number of allylic oxidation sites excluding steroid dienone is 1. The smallest absolute Gasteiger partial charge is 0.0727 e. The normalized spacial score (nSPS) is 10.5. The van der Waals surface area contributed by atoms with E-state index in [9.17, 15) is 0 Å². The number of benzene rings is 6. The largest absolute Gasteiger partial charge is 0.307 e. The van der Waals surface area contributed by atoms with Gasteiger partial charge >= 0.3 is 0 Å². The van der Waals surface area contributed by atoms with E-state index >= 15 is 0 Å². The van der Waals surface area contributed by atoms with E-state index in [1.54, 1.807) is 0 Å². The first-order valence-corrected chi connectivity index (χ1v) is 16.9. The summed E-state index contributed by atoms with van der Waals surface area (Å²) in [7, 11) is 0. The molecule has 0 aliphatic rings. The Kier molecular flexibility index (Phi) is 10.5. The van der Waals surface area contributed by atoms with Gasteiger partial charge in [-0.1, -0.05) is 153 Å². The lowest BCUT2D eigenvalue weighted by atomic mass is 10.1. The first-order valence-electron chi connectivity index (χ1n) is 16.1. The summed E-state index contributed by atoms with van der Waals surface area (Å²) in [4.78, 5) is 0. The molecule has 0 radical (unpaired) electrons. The number of aromatic nitrogens is 1. The molecule has 2 aromatic heterocycles. The van der Waals surface area contributed by atoms with E-state index in [4.69, 9.17) is 0 Å². The summed E-state index contributed by atoms with van der Waals surface area (Å²) in [5.41, 5.74) is 10.1. The zero-order chi connectivity index (χ0) is 32.6. The maximum atomic E-state index is 4.09. The first kappa shape index (κ1) is 32.5. The van der Waals surface area contributed by atoms with Crippen LogP contribution in [0, 0.1) is 20.8 Å². The predicted molar refractivity (Wildman–Crippen MR) is 207 cm³/mol. The minimum atomic E-state index is 1.09. The molecule has 0 saturated heterocycles. The highest BCUT2D eigenvalue weighted by Crippen LogP contribution is 2.44. The number of aryl methyl sites for hydroxylation is 3. The zero-order valence-corrected chi connectivity index (χ0v) is 28.7. The number of hydrogen-bond acceptors (Lipinski definition) is 1. The predicted octanol–water partition coefficient (Wildman–Crippen LogP) is 13.5. The van der Waals surface area contributed by atoms with Gasteiger partial charge in [0.15, 0.2) is 0 Å². The standard InChI is InChI=1S/C27H19NS.C8H10.C7H8.C2H6/c1-17(2)18-11-14-20(15-12-18)28-25-21-8-4-3-7-19(21)13-16-23(25)27-26(28)22-9-5-6-10-24(22)29-27;1-7-5-3-4-6-8(7)2;1-7-5-3-2-4-6-7;1-2/h3-16H,1H2,2H3;3-6H,1-2H3;2-6H,1H3;1-2H3. The number of rotatable bonds is 2. The van der Waals surface area contributed by atoms with Gasteiger partial charge in [-0.05, 0) is 68.0 Å². The van der Waals surface area contributed by atoms with Gasteiger partial charge in [-0.2, -0.15) is 0 Å². The van der Waals surface area contributed by atoms with Gasteiger partial charge in [-0.3, -0.25) is 0 Å². The van der Waals surface area contributed by atoms with Crippen LogP contribution < -0.4 is 0 Å². The van der Waals surface area contributed by atoms with E-state index < -0.39 is 0 Å². The van der Waals surface area contributed by atoms with Crippen LogP contribution in [-0.4, -0.2) is 4.57 Å². The van der Waals surface area contributed by atoms with Crippen molar-refractivity contribution in [2.24, 2.45) is 0 Å². The summed E-state index contributed by atoms with van der Waals surface area (Å²) >= 11 is 1.89. The van der Waals surface area contributed by atoms with Crippen molar-refractivity contribution in [3.8, 4) is 5.69 Å². The van der Waals surface area contributed by atoms with E-state index in [0.717, 1.165) is 5.57 Å². The molecular formula is C44H43NS. The fourth-order valence-electron chi connectivity index (χ4n) is 5.58. The van der Waals surface area contributed by atoms with Crippen LogP contribution in [0.2, 0.25) is 0 Å². The average molecular weight is 618 g/mol. The molecule has 0 spiro atoms. The lowest BCUT2D eigenvalue weighted by Gasteiger charge is -2.11. The lowest BCUT2D eigenvalue weighted by molar-refractivity contribution is 1.19. The van der Waals surface area contributed by atoms with Gasteiger partial charge in [0.2, 0.25) is 0 Å². The van der Waals surface area contributed by atoms with E-state index in [0.29, 0.717) is 0 Å². The number of nitrogens with zero attached hydrogens (tertiary/aromatic N) is 1. The van der Waals surface area contributed by atoms with Crippen LogP contribution in [0.5, 0.6) is 0 Å². The van der Waals surface area contributed by atoms with Crippen LogP contribution in [0.1, 0.15) is 43.0 Å². The lowest BCUT2D eigenvalue weighted by Crippen LogP contribution is -1.95. The van der Waals surface area contributed by atoms with Crippen molar-refractivity contribution >= 4 is 58.9 Å². The molecule has 8 aromatic rings. The Bertz CT molecular complexity index is 2190. The van der Waals surface area contributed by atoms with Gasteiger partial charge in [-0.25, -0.2) is 0 Å². The minimum Gasteiger partial charge on any atom is -0.307 e. The third-order valence-electron chi connectivity index (χ3n) is 8.15. The van der Waals surface area contributed by atoms with Gasteiger partial charge in [0.25, 0.3) is 0 Å². The van der Waals surface area contributed by atoms with Gasteiger partial charge < -0.3 is 4.57 Å². The van der Waals surface area contributed by atoms with Gasteiger partial charge in [0.1, 0.15) is 0 Å². The molecule has 0 aliphatic heterocycles. The van der Waals surface area contributed by atoms with Crippen LogP contribution in [0.3, 0.4) is 0 Å². The molecule has 0 saturated carbocycles. The molecule has 0 unspecified atom stereocenters. The van der Waals surface area contributed by atoms with E-state index in [2.05, 4.69) is 160 Å². The molecule has 2 heterocycles. The highest BCUT2D eigenvalue weighted by molar-refractivity contribution is 7.26. The Labute approximate surface area is 278 Å². The first-order chi connectivity index (χ1) is 22.4. The molecule has 230 valence electrons. The Balaban J connectivity index is 0.000000201. The van der Waals surface area contributed by atoms with Crippen LogP contribution in [0.4, 0.5) is 0 Å². The summed E-state index contributed by atoms with van der Waals surface area (Å²) in [6, 6.07) is 49.4. The molecule has 46 heavy (non-hydrogen) atoms. The van der Waals surface area contributed by atoms with E-state index in [1.165, 1.54) is 69.9 Å². The molecule has 6 aromatic carbocycles. The number of fused-ring (bicyclic) bond motifs is 7. The fraction of sp³-hybridized carbons (Fsp3) is 0.136. The van der Waals surface area contributed by atoms with Gasteiger partial charge in [-0.15, -0.1) is 11.3 Å².